The van der Waals surface area contributed by atoms with Crippen LogP contribution in [-0.2, 0) is 61.0 Å². The fourth-order valence-electron chi connectivity index (χ4n) is 9.23. The summed E-state index contributed by atoms with van der Waals surface area (Å²) in [6.45, 7) is -4.37. The van der Waals surface area contributed by atoms with Gasteiger partial charge in [0.15, 0.2) is 14.7 Å². The topological polar surface area (TPSA) is 348 Å². The van der Waals surface area contributed by atoms with Gasteiger partial charge in [-0.3, -0.25) is 60.0 Å². The van der Waals surface area contributed by atoms with Crippen LogP contribution in [-0.4, -0.2) is 135 Å². The van der Waals surface area contributed by atoms with Gasteiger partial charge in [-0.15, -0.1) is 0 Å². The monoisotopic (exact) mass is 1230 g/mol. The predicted octanol–water partition coefficient (Wildman–Crippen LogP) is 6.39. The van der Waals surface area contributed by atoms with E-state index in [1.807, 2.05) is 12.1 Å². The van der Waals surface area contributed by atoms with Crippen molar-refractivity contribution in [1.29, 1.82) is 0 Å². The normalized spacial score (nSPS) is 14.5. The molecular formula is C56H53N13O14S3. The second-order valence-electron chi connectivity index (χ2n) is 19.2. The molecule has 0 atom stereocenters. The number of rotatable bonds is 18. The SMILES string of the molecule is O=C(CN1CCN(S(=O)(=O)c2ccccc2[N+](=O)[O-])Cc2cccc(n2)CN(S(=O)(=O)c2ccccc2[N+](=O)[O-])Cc2cccc(n2)CN(S(=O)(=O)c2ccccc2[N+](=O)[O-])CC1)NCCCOc1cc(-c2ccccn2)nc(-c2ccccn2)c1. The van der Waals surface area contributed by atoms with Crippen molar-refractivity contribution in [3.8, 4) is 28.5 Å². The Kier molecular flexibility index (Phi) is 19.3. The number of nitrogens with one attached hydrogen (secondary N) is 1. The lowest BCUT2D eigenvalue weighted by Gasteiger charge is -2.29. The van der Waals surface area contributed by atoms with Crippen LogP contribution in [0, 0.1) is 30.3 Å². The molecule has 0 saturated heterocycles. The van der Waals surface area contributed by atoms with Gasteiger partial charge in [-0.25, -0.2) is 30.2 Å². The highest BCUT2D eigenvalue weighted by Crippen LogP contribution is 2.32. The lowest BCUT2D eigenvalue weighted by molar-refractivity contribution is -0.388. The van der Waals surface area contributed by atoms with Crippen LogP contribution in [0.25, 0.3) is 22.8 Å². The summed E-state index contributed by atoms with van der Waals surface area (Å²) >= 11 is 0. The average Bonchev–Trinajstić information content (AvgIpc) is 2.79. The highest BCUT2D eigenvalue weighted by atomic mass is 32.2. The number of nitrogens with zero attached hydrogens (tertiary/aromatic N) is 12. The summed E-state index contributed by atoms with van der Waals surface area (Å²) in [5.41, 5.74) is 0.0858. The Morgan fingerprint density at radius 1 is 0.477 bits per heavy atom. The molecule has 1 aliphatic heterocycles. The minimum atomic E-state index is -4.88. The Bertz CT molecular complexity index is 3950. The highest BCUT2D eigenvalue weighted by Gasteiger charge is 2.36. The van der Waals surface area contributed by atoms with E-state index in [4.69, 9.17) is 9.72 Å². The van der Waals surface area contributed by atoms with Crippen molar-refractivity contribution in [1.82, 2.24) is 48.1 Å². The second-order valence-corrected chi connectivity index (χ2v) is 24.9. The number of aromatic nitrogens is 5. The maximum absolute atomic E-state index is 14.9. The number of nitro groups is 3. The highest BCUT2D eigenvalue weighted by molar-refractivity contribution is 7.89. The molecule has 3 aromatic carbocycles. The molecule has 0 spiro atoms. The molecule has 86 heavy (non-hydrogen) atoms. The lowest BCUT2D eigenvalue weighted by atomic mass is 10.2. The van der Waals surface area contributed by atoms with Crippen molar-refractivity contribution in [2.75, 3.05) is 45.9 Å². The van der Waals surface area contributed by atoms with Gasteiger partial charge in [-0.2, -0.15) is 12.9 Å². The van der Waals surface area contributed by atoms with Gasteiger partial charge in [-0.05, 0) is 73.2 Å². The molecule has 6 heterocycles. The zero-order chi connectivity index (χ0) is 61.0. The summed E-state index contributed by atoms with van der Waals surface area (Å²) in [5.74, 6) is -0.136. The number of carbonyl (C=O) groups is 1. The van der Waals surface area contributed by atoms with E-state index < -0.39 is 128 Å². The fraction of sp³-hybridized carbons (Fsp3) is 0.214. The Balaban J connectivity index is 1.06. The standard InChI is InChI=1S/C56H53N13O14S3/c70-56(59-28-13-33-83-45-34-48(46-18-7-9-26-57-46)62-49(35-45)47-19-8-10-27-58-47)40-63-29-31-64(84(77,78)53-23-4-1-20-50(53)67(71)72)36-41-14-11-16-43(60-41)38-66(86(81,82)55-25-6-3-22-52(55)69(75)76)39-44-17-12-15-42(61-44)37-65(32-30-63)85(79,80)54-24-5-2-21-51(54)68(73)74/h1-12,14-27,34-35H,13,28-33,36-40H2,(H,59,70). The van der Waals surface area contributed by atoms with Crippen LogP contribution >= 0.6 is 0 Å². The summed E-state index contributed by atoms with van der Waals surface area (Å²) in [6, 6.07) is 36.9. The van der Waals surface area contributed by atoms with Gasteiger partial charge in [0.2, 0.25) is 26.0 Å². The van der Waals surface area contributed by atoms with Gasteiger partial charge in [0.25, 0.3) is 27.1 Å². The van der Waals surface area contributed by atoms with E-state index in [0.717, 1.165) is 49.3 Å². The molecule has 5 aromatic heterocycles. The molecule has 0 saturated carbocycles. The van der Waals surface area contributed by atoms with Crippen LogP contribution in [0.4, 0.5) is 17.1 Å². The Morgan fingerprint density at radius 3 is 1.26 bits per heavy atom. The van der Waals surface area contributed by atoms with E-state index in [0.29, 0.717) is 28.5 Å². The van der Waals surface area contributed by atoms with Crippen LogP contribution in [0.1, 0.15) is 29.2 Å². The summed E-state index contributed by atoms with van der Waals surface area (Å²) in [4.78, 5) is 70.6. The van der Waals surface area contributed by atoms with E-state index in [1.54, 1.807) is 48.8 Å². The first-order chi connectivity index (χ1) is 41.3. The number of hydrogen-bond donors (Lipinski definition) is 1. The number of benzene rings is 3. The van der Waals surface area contributed by atoms with Crippen molar-refractivity contribution < 1.29 is 49.6 Å². The maximum Gasteiger partial charge on any atom is 0.289 e. The minimum absolute atomic E-state index is 0.0230. The first kappa shape index (κ1) is 61.1. The van der Waals surface area contributed by atoms with Gasteiger partial charge in [-0.1, -0.05) is 60.7 Å². The third-order valence-corrected chi connectivity index (χ3v) is 19.0. The van der Waals surface area contributed by atoms with E-state index in [9.17, 15) is 60.4 Å². The van der Waals surface area contributed by atoms with E-state index in [1.165, 1.54) is 77.7 Å². The fourth-order valence-corrected chi connectivity index (χ4v) is 13.9. The van der Waals surface area contributed by atoms with Gasteiger partial charge in [0, 0.05) is 75.4 Å². The number of pyridine rings is 5. The molecule has 0 unspecified atom stereocenters. The molecule has 1 aliphatic rings. The smallest absolute Gasteiger partial charge is 0.289 e. The molecule has 0 radical (unpaired) electrons. The number of ether oxygens (including phenoxy) is 1. The van der Waals surface area contributed by atoms with Crippen LogP contribution < -0.4 is 10.1 Å². The zero-order valence-electron chi connectivity index (χ0n) is 45.5. The molecule has 9 rings (SSSR count). The van der Waals surface area contributed by atoms with E-state index in [2.05, 4.69) is 25.3 Å². The average molecular weight is 1230 g/mol. The lowest BCUT2D eigenvalue weighted by Crippen LogP contribution is -2.46. The first-order valence-corrected chi connectivity index (χ1v) is 30.7. The Morgan fingerprint density at radius 2 is 0.860 bits per heavy atom. The quantitative estimate of drug-likeness (QED) is 0.0552. The van der Waals surface area contributed by atoms with Crippen molar-refractivity contribution in [3.63, 3.8) is 0 Å². The maximum atomic E-state index is 14.9. The van der Waals surface area contributed by atoms with Crippen molar-refractivity contribution >= 4 is 53.0 Å². The molecule has 1 N–H and O–H groups in total. The molecule has 4 bridgehead atoms. The predicted molar refractivity (Wildman–Crippen MR) is 310 cm³/mol. The van der Waals surface area contributed by atoms with Crippen LogP contribution in [0.3, 0.4) is 0 Å². The van der Waals surface area contributed by atoms with Crippen molar-refractivity contribution in [2.24, 2.45) is 0 Å². The summed E-state index contributed by atoms with van der Waals surface area (Å²) in [5, 5.41) is 39.8. The van der Waals surface area contributed by atoms with Crippen LogP contribution in [0.2, 0.25) is 0 Å². The van der Waals surface area contributed by atoms with Gasteiger partial charge in [0.1, 0.15) is 5.75 Å². The summed E-state index contributed by atoms with van der Waals surface area (Å²) in [6.07, 6.45) is 3.56. The zero-order valence-corrected chi connectivity index (χ0v) is 47.9. The second kappa shape index (κ2) is 27.1. The molecule has 0 aliphatic carbocycles. The molecule has 30 heteroatoms. The Labute approximate surface area is 493 Å². The number of fused-ring (bicyclic) bond motifs is 4. The number of sulfonamides is 3. The van der Waals surface area contributed by atoms with Gasteiger partial charge in [0.05, 0.1) is 99.7 Å². The third-order valence-electron chi connectivity index (χ3n) is 13.4. The van der Waals surface area contributed by atoms with Crippen LogP contribution in [0.5, 0.6) is 5.75 Å². The Hall–Kier alpha value is -9.43. The molecule has 1 amide bonds. The van der Waals surface area contributed by atoms with E-state index in [-0.39, 0.29) is 55.4 Å². The van der Waals surface area contributed by atoms with Crippen molar-refractivity contribution in [2.45, 2.75) is 47.3 Å². The number of nitro benzene ring substituents is 3. The van der Waals surface area contributed by atoms with Crippen molar-refractivity contribution in [3.05, 3.63) is 223 Å². The molecule has 8 aromatic rings. The summed E-state index contributed by atoms with van der Waals surface area (Å²) < 4.78 is 97.6. The summed E-state index contributed by atoms with van der Waals surface area (Å²) in [7, 11) is -14.6. The van der Waals surface area contributed by atoms with Gasteiger partial charge >= 0.3 is 0 Å². The number of carbonyl (C=O) groups excluding carboxylic acids is 1. The number of para-hydroxylation sites is 3. The number of hydrogen-bond acceptors (Lipinski definition) is 20. The van der Waals surface area contributed by atoms with Crippen LogP contribution in [0.15, 0.2) is 185 Å². The van der Waals surface area contributed by atoms with Gasteiger partial charge < -0.3 is 10.1 Å². The molecule has 0 fully saturated rings. The van der Waals surface area contributed by atoms with E-state index >= 15 is 0 Å². The minimum Gasteiger partial charge on any atom is -0.493 e. The third kappa shape index (κ3) is 14.7. The first-order valence-electron chi connectivity index (χ1n) is 26.3. The molecule has 27 nitrogen and oxygen atoms in total. The largest absolute Gasteiger partial charge is 0.493 e. The molecular weight excluding hydrogens is 1170 g/mol. The molecule has 444 valence electrons. The number of amides is 1.